The van der Waals surface area contributed by atoms with Gasteiger partial charge in [-0.3, -0.25) is 4.79 Å². The van der Waals surface area contributed by atoms with Crippen molar-refractivity contribution in [3.63, 3.8) is 0 Å². The number of amides is 1. The summed E-state index contributed by atoms with van der Waals surface area (Å²) < 4.78 is 5.89. The van der Waals surface area contributed by atoms with Gasteiger partial charge in [0.15, 0.2) is 0 Å². The van der Waals surface area contributed by atoms with E-state index in [-0.39, 0.29) is 12.0 Å². The monoisotopic (exact) mass is 398 g/mol. The zero-order valence-corrected chi connectivity index (χ0v) is 16.2. The second-order valence-corrected chi connectivity index (χ2v) is 7.73. The lowest BCUT2D eigenvalue weighted by molar-refractivity contribution is 0.0588. The first-order valence-electron chi connectivity index (χ1n) is 8.89. The van der Waals surface area contributed by atoms with E-state index in [2.05, 4.69) is 21.8 Å². The van der Waals surface area contributed by atoms with E-state index in [4.69, 9.17) is 16.3 Å². The first-order chi connectivity index (χ1) is 13.2. The Kier molecular flexibility index (Phi) is 5.41. The number of rotatable bonds is 4. The zero-order valence-electron chi connectivity index (χ0n) is 14.7. The Bertz CT molecular complexity index is 887. The Hall–Kier alpha value is -2.37. The van der Waals surface area contributed by atoms with Gasteiger partial charge in [0.25, 0.3) is 5.91 Å². The topological polar surface area (TPSA) is 42.4 Å². The van der Waals surface area contributed by atoms with Gasteiger partial charge in [0.05, 0.1) is 5.02 Å². The summed E-state index contributed by atoms with van der Waals surface area (Å²) in [5.41, 5.74) is 3.05. The number of carbonyl (C=O) groups is 1. The fourth-order valence-corrected chi connectivity index (χ4v) is 3.97. The Labute approximate surface area is 167 Å². The van der Waals surface area contributed by atoms with Crippen LogP contribution in [0.15, 0.2) is 59.4 Å². The predicted octanol–water partition coefficient (Wildman–Crippen LogP) is 5.15. The van der Waals surface area contributed by atoms with E-state index in [9.17, 15) is 4.79 Å². The summed E-state index contributed by atoms with van der Waals surface area (Å²) in [7, 11) is 0. The maximum absolute atomic E-state index is 12.8. The number of thiophene rings is 1. The molecular formula is C21H19ClN2O2S. The van der Waals surface area contributed by atoms with Gasteiger partial charge < -0.3 is 9.64 Å². The highest BCUT2D eigenvalue weighted by molar-refractivity contribution is 7.08. The molecule has 1 aliphatic heterocycles. The third-order valence-electron chi connectivity index (χ3n) is 4.70. The van der Waals surface area contributed by atoms with Crippen LogP contribution in [-0.4, -0.2) is 35.0 Å². The van der Waals surface area contributed by atoms with Crippen molar-refractivity contribution in [3.05, 3.63) is 70.0 Å². The third-order valence-corrected chi connectivity index (χ3v) is 5.61. The summed E-state index contributed by atoms with van der Waals surface area (Å²) in [4.78, 5) is 18.8. The SMILES string of the molecule is O=C(c1ccc(-c2ccsc2)cc1)N1CCC(Oc2ccc(Cl)cn2)CC1. The zero-order chi connectivity index (χ0) is 18.6. The fourth-order valence-electron chi connectivity index (χ4n) is 3.20. The van der Waals surface area contributed by atoms with Crippen LogP contribution in [0.25, 0.3) is 11.1 Å². The van der Waals surface area contributed by atoms with Crippen molar-refractivity contribution < 1.29 is 9.53 Å². The van der Waals surface area contributed by atoms with Gasteiger partial charge in [-0.25, -0.2) is 4.98 Å². The van der Waals surface area contributed by atoms with E-state index in [1.165, 1.54) is 5.56 Å². The normalized spacial score (nSPS) is 14.9. The number of hydrogen-bond donors (Lipinski definition) is 0. The van der Waals surface area contributed by atoms with Crippen molar-refractivity contribution in [1.82, 2.24) is 9.88 Å². The van der Waals surface area contributed by atoms with Crippen LogP contribution < -0.4 is 4.74 Å². The van der Waals surface area contributed by atoms with Gasteiger partial charge in [-0.1, -0.05) is 23.7 Å². The van der Waals surface area contributed by atoms with Crippen LogP contribution in [0, 0.1) is 0 Å². The lowest BCUT2D eigenvalue weighted by Crippen LogP contribution is -2.41. The Balaban J connectivity index is 1.33. The number of piperidine rings is 1. The van der Waals surface area contributed by atoms with E-state index in [1.807, 2.05) is 29.2 Å². The highest BCUT2D eigenvalue weighted by Crippen LogP contribution is 2.24. The molecule has 1 aromatic carbocycles. The molecule has 4 rings (SSSR count). The van der Waals surface area contributed by atoms with Gasteiger partial charge >= 0.3 is 0 Å². The van der Waals surface area contributed by atoms with Crippen molar-refractivity contribution in [2.24, 2.45) is 0 Å². The number of halogens is 1. The molecule has 0 bridgehead atoms. The average molecular weight is 399 g/mol. The van der Waals surface area contributed by atoms with Crippen LogP contribution in [0.3, 0.4) is 0 Å². The van der Waals surface area contributed by atoms with E-state index in [1.54, 1.807) is 29.7 Å². The molecule has 4 nitrogen and oxygen atoms in total. The van der Waals surface area contributed by atoms with E-state index >= 15 is 0 Å². The molecule has 3 heterocycles. The average Bonchev–Trinajstić information content (AvgIpc) is 3.25. The largest absolute Gasteiger partial charge is 0.474 e. The van der Waals surface area contributed by atoms with Gasteiger partial charge in [0, 0.05) is 43.8 Å². The lowest BCUT2D eigenvalue weighted by atomic mass is 10.0. The number of pyridine rings is 1. The van der Waals surface area contributed by atoms with Crippen LogP contribution in [0.1, 0.15) is 23.2 Å². The molecule has 1 saturated heterocycles. The second-order valence-electron chi connectivity index (χ2n) is 6.51. The summed E-state index contributed by atoms with van der Waals surface area (Å²) in [6, 6.07) is 13.5. The molecule has 27 heavy (non-hydrogen) atoms. The smallest absolute Gasteiger partial charge is 0.253 e. The summed E-state index contributed by atoms with van der Waals surface area (Å²) in [5, 5.41) is 4.75. The molecule has 138 valence electrons. The molecule has 1 fully saturated rings. The van der Waals surface area contributed by atoms with E-state index < -0.39 is 0 Å². The minimum atomic E-state index is 0.0729. The molecule has 1 amide bonds. The van der Waals surface area contributed by atoms with Crippen LogP contribution in [-0.2, 0) is 0 Å². The third kappa shape index (κ3) is 4.31. The maximum atomic E-state index is 12.8. The Morgan fingerprint density at radius 2 is 1.85 bits per heavy atom. The molecule has 0 unspecified atom stereocenters. The molecule has 0 N–H and O–H groups in total. The highest BCUT2D eigenvalue weighted by atomic mass is 35.5. The fraction of sp³-hybridized carbons (Fsp3) is 0.238. The maximum Gasteiger partial charge on any atom is 0.253 e. The quantitative estimate of drug-likeness (QED) is 0.610. The number of carbonyl (C=O) groups excluding carboxylic acids is 1. The number of nitrogens with zero attached hydrogens (tertiary/aromatic N) is 2. The van der Waals surface area contributed by atoms with Crippen molar-refractivity contribution in [2.45, 2.75) is 18.9 Å². The number of benzene rings is 1. The standard InChI is InChI=1S/C21H19ClN2O2S/c22-18-5-6-20(23-13-18)26-19-7-10-24(11-8-19)21(25)16-3-1-15(2-4-16)17-9-12-27-14-17/h1-6,9,12-14,19H,7-8,10-11H2. The Morgan fingerprint density at radius 1 is 1.07 bits per heavy atom. The van der Waals surface area contributed by atoms with Crippen molar-refractivity contribution in [3.8, 4) is 17.0 Å². The first kappa shape index (κ1) is 18.0. The molecule has 3 aromatic rings. The van der Waals surface area contributed by atoms with Crippen molar-refractivity contribution in [2.75, 3.05) is 13.1 Å². The molecule has 1 aliphatic rings. The number of ether oxygens (including phenoxy) is 1. The molecule has 0 aliphatic carbocycles. The lowest BCUT2D eigenvalue weighted by Gasteiger charge is -2.32. The second kappa shape index (κ2) is 8.11. The summed E-state index contributed by atoms with van der Waals surface area (Å²) >= 11 is 7.51. The van der Waals surface area contributed by atoms with Gasteiger partial charge in [0.1, 0.15) is 6.10 Å². The highest BCUT2D eigenvalue weighted by Gasteiger charge is 2.25. The summed E-state index contributed by atoms with van der Waals surface area (Å²) in [6.07, 6.45) is 3.24. The van der Waals surface area contributed by atoms with Gasteiger partial charge in [-0.05, 0) is 46.2 Å². The van der Waals surface area contributed by atoms with Gasteiger partial charge in [0.2, 0.25) is 5.88 Å². The number of likely N-dealkylation sites (tertiary alicyclic amines) is 1. The van der Waals surface area contributed by atoms with Crippen molar-refractivity contribution in [1.29, 1.82) is 0 Å². The number of aromatic nitrogens is 1. The van der Waals surface area contributed by atoms with Crippen LogP contribution in [0.5, 0.6) is 5.88 Å². The van der Waals surface area contributed by atoms with Crippen LogP contribution in [0.4, 0.5) is 0 Å². The predicted molar refractivity (Wildman–Crippen MR) is 109 cm³/mol. The summed E-state index contributed by atoms with van der Waals surface area (Å²) in [6.45, 7) is 1.37. The number of hydrogen-bond acceptors (Lipinski definition) is 4. The molecule has 6 heteroatoms. The molecule has 2 aromatic heterocycles. The van der Waals surface area contributed by atoms with Crippen LogP contribution >= 0.6 is 22.9 Å². The molecule has 0 saturated carbocycles. The first-order valence-corrected chi connectivity index (χ1v) is 10.2. The van der Waals surface area contributed by atoms with Gasteiger partial charge in [-0.2, -0.15) is 11.3 Å². The minimum absolute atomic E-state index is 0.0729. The van der Waals surface area contributed by atoms with E-state index in [0.717, 1.165) is 24.0 Å². The van der Waals surface area contributed by atoms with E-state index in [0.29, 0.717) is 24.0 Å². The summed E-state index contributed by atoms with van der Waals surface area (Å²) in [5.74, 6) is 0.656. The molecule has 0 radical (unpaired) electrons. The van der Waals surface area contributed by atoms with Crippen molar-refractivity contribution >= 4 is 28.8 Å². The minimum Gasteiger partial charge on any atom is -0.474 e. The molecular weight excluding hydrogens is 380 g/mol. The Morgan fingerprint density at radius 3 is 2.48 bits per heavy atom. The molecule has 0 spiro atoms. The molecule has 0 atom stereocenters. The van der Waals surface area contributed by atoms with Crippen LogP contribution in [0.2, 0.25) is 5.02 Å². The van der Waals surface area contributed by atoms with Gasteiger partial charge in [-0.15, -0.1) is 0 Å².